The summed E-state index contributed by atoms with van der Waals surface area (Å²) in [5.41, 5.74) is 1.72. The average Bonchev–Trinajstić information content (AvgIpc) is 3.08. The molecule has 1 unspecified atom stereocenters. The molecule has 1 fully saturated rings. The van der Waals surface area contributed by atoms with Gasteiger partial charge in [-0.2, -0.15) is 0 Å². The van der Waals surface area contributed by atoms with E-state index in [0.29, 0.717) is 47.0 Å². The van der Waals surface area contributed by atoms with Crippen molar-refractivity contribution < 1.29 is 29.0 Å². The fraction of sp³-hybridized carbons (Fsp3) is 0.222. The fourth-order valence-corrected chi connectivity index (χ4v) is 5.35. The van der Waals surface area contributed by atoms with Gasteiger partial charge in [0.05, 0.1) is 18.8 Å². The normalized spacial score (nSPS) is 13.7. The van der Waals surface area contributed by atoms with E-state index in [2.05, 4.69) is 15.2 Å². The Hall–Kier alpha value is -5.03. The zero-order valence-electron chi connectivity index (χ0n) is 25.5. The van der Waals surface area contributed by atoms with Gasteiger partial charge in [0.25, 0.3) is 5.91 Å². The molecule has 242 valence electrons. The van der Waals surface area contributed by atoms with Crippen molar-refractivity contribution in [3.63, 3.8) is 0 Å². The van der Waals surface area contributed by atoms with Crippen molar-refractivity contribution in [2.75, 3.05) is 39.5 Å². The third kappa shape index (κ3) is 9.26. The van der Waals surface area contributed by atoms with Crippen LogP contribution in [-0.2, 0) is 20.7 Å². The van der Waals surface area contributed by atoms with E-state index in [1.165, 1.54) is 6.07 Å². The Kier molecular flexibility index (Phi) is 11.3. The number of hydrogen-bond acceptors (Lipinski definition) is 7. The highest BCUT2D eigenvalue weighted by Crippen LogP contribution is 2.18. The molecule has 1 amide bonds. The van der Waals surface area contributed by atoms with Gasteiger partial charge in [-0.05, 0) is 58.8 Å². The lowest BCUT2D eigenvalue weighted by atomic mass is 10.0. The molecule has 1 atom stereocenters. The van der Waals surface area contributed by atoms with Crippen molar-refractivity contribution in [2.24, 2.45) is 0 Å². The first-order chi connectivity index (χ1) is 22.8. The smallest absolute Gasteiger partial charge is 0.335 e. The van der Waals surface area contributed by atoms with Crippen LogP contribution in [0.4, 0.5) is 0 Å². The van der Waals surface area contributed by atoms with Gasteiger partial charge in [-0.15, -0.1) is 0 Å². The molecule has 0 saturated carbocycles. The summed E-state index contributed by atoms with van der Waals surface area (Å²) in [6.07, 6.45) is 0.111. The number of amides is 1. The molecule has 11 heteroatoms. The molecule has 1 aliphatic rings. The standard InChI is InChI=1S/C25H26ClN3O5.C11H8O2/c26-19-7-5-17(6-8-19)24(31)28-22(25(32)34-14-11-29-9-12-33-13-10-29)15-18-16-23(30)27-21-4-2-1-3-20(18)21;12-11(13)10-6-5-8-3-1-2-4-9(8)7-10/h1-8,16,22H,9-15H2,(H,27,30)(H,28,31);1-7H,(H,12,13). The van der Waals surface area contributed by atoms with E-state index < -0.39 is 23.9 Å². The number of hydrogen-bond donors (Lipinski definition) is 3. The van der Waals surface area contributed by atoms with Crippen LogP contribution in [0.5, 0.6) is 0 Å². The predicted molar refractivity (Wildman–Crippen MR) is 180 cm³/mol. The third-order valence-corrected chi connectivity index (χ3v) is 7.96. The molecule has 6 rings (SSSR count). The second kappa shape index (κ2) is 16.0. The SMILES string of the molecule is O=C(NC(Cc1cc(=O)[nH]c2ccccc12)C(=O)OCCN1CCOCC1)c1ccc(Cl)cc1.O=C(O)c1ccc2ccccc2c1. The van der Waals surface area contributed by atoms with Crippen LogP contribution in [0.25, 0.3) is 21.7 Å². The summed E-state index contributed by atoms with van der Waals surface area (Å²) in [4.78, 5) is 53.7. The lowest BCUT2D eigenvalue weighted by Gasteiger charge is -2.26. The number of carboxylic acid groups (broad SMARTS) is 1. The van der Waals surface area contributed by atoms with Gasteiger partial charge < -0.3 is 24.9 Å². The zero-order chi connectivity index (χ0) is 33.2. The van der Waals surface area contributed by atoms with Crippen LogP contribution < -0.4 is 10.9 Å². The van der Waals surface area contributed by atoms with Gasteiger partial charge in [0.15, 0.2) is 0 Å². The second-order valence-corrected chi connectivity index (χ2v) is 11.4. The average molecular weight is 656 g/mol. The van der Waals surface area contributed by atoms with E-state index in [9.17, 15) is 19.2 Å². The summed E-state index contributed by atoms with van der Waals surface area (Å²) in [5.74, 6) is -1.87. The number of fused-ring (bicyclic) bond motifs is 2. The second-order valence-electron chi connectivity index (χ2n) is 10.9. The zero-order valence-corrected chi connectivity index (χ0v) is 26.2. The largest absolute Gasteiger partial charge is 0.478 e. The molecular formula is C36H34ClN3O7. The molecule has 0 spiro atoms. The number of esters is 1. The number of halogens is 1. The van der Waals surface area contributed by atoms with Crippen molar-refractivity contribution in [3.05, 3.63) is 129 Å². The molecular weight excluding hydrogens is 622 g/mol. The summed E-state index contributed by atoms with van der Waals surface area (Å²) in [6.45, 7) is 3.66. The van der Waals surface area contributed by atoms with Crippen molar-refractivity contribution in [1.29, 1.82) is 0 Å². The Morgan fingerprint density at radius 1 is 0.894 bits per heavy atom. The van der Waals surface area contributed by atoms with E-state index in [-0.39, 0.29) is 18.6 Å². The van der Waals surface area contributed by atoms with Crippen molar-refractivity contribution >= 4 is 51.1 Å². The maximum Gasteiger partial charge on any atom is 0.335 e. The maximum atomic E-state index is 13.0. The van der Waals surface area contributed by atoms with Crippen molar-refractivity contribution in [1.82, 2.24) is 15.2 Å². The Balaban J connectivity index is 0.000000277. The number of carboxylic acids is 1. The number of rotatable bonds is 9. The molecule has 2 heterocycles. The highest BCUT2D eigenvalue weighted by Gasteiger charge is 2.25. The molecule has 0 radical (unpaired) electrons. The number of carbonyl (C=O) groups excluding carboxylic acids is 2. The van der Waals surface area contributed by atoms with E-state index in [0.717, 1.165) is 29.2 Å². The van der Waals surface area contributed by atoms with Crippen molar-refractivity contribution in [2.45, 2.75) is 12.5 Å². The molecule has 3 N–H and O–H groups in total. The van der Waals surface area contributed by atoms with Gasteiger partial charge in [-0.3, -0.25) is 14.5 Å². The van der Waals surface area contributed by atoms with E-state index >= 15 is 0 Å². The minimum absolute atomic E-state index is 0.111. The number of para-hydroxylation sites is 1. The summed E-state index contributed by atoms with van der Waals surface area (Å²) in [7, 11) is 0. The highest BCUT2D eigenvalue weighted by atomic mass is 35.5. The number of aromatic amines is 1. The van der Waals surface area contributed by atoms with Crippen LogP contribution in [0.15, 0.2) is 102 Å². The number of carbonyl (C=O) groups is 3. The summed E-state index contributed by atoms with van der Waals surface area (Å²) < 4.78 is 10.9. The fourth-order valence-electron chi connectivity index (χ4n) is 5.22. The monoisotopic (exact) mass is 655 g/mol. The van der Waals surface area contributed by atoms with Crippen LogP contribution in [0.3, 0.4) is 0 Å². The van der Waals surface area contributed by atoms with Gasteiger partial charge in [-0.25, -0.2) is 9.59 Å². The number of benzene rings is 4. The molecule has 0 bridgehead atoms. The molecule has 10 nitrogen and oxygen atoms in total. The Morgan fingerprint density at radius 3 is 2.32 bits per heavy atom. The lowest BCUT2D eigenvalue weighted by molar-refractivity contribution is -0.146. The van der Waals surface area contributed by atoms with Crippen LogP contribution in [0, 0.1) is 0 Å². The highest BCUT2D eigenvalue weighted by molar-refractivity contribution is 6.30. The first-order valence-electron chi connectivity index (χ1n) is 15.1. The van der Waals surface area contributed by atoms with Gasteiger partial charge in [-0.1, -0.05) is 60.1 Å². The van der Waals surface area contributed by atoms with Gasteiger partial charge >= 0.3 is 11.9 Å². The van der Waals surface area contributed by atoms with Crippen LogP contribution in [0.1, 0.15) is 26.3 Å². The third-order valence-electron chi connectivity index (χ3n) is 7.71. The van der Waals surface area contributed by atoms with Gasteiger partial charge in [0.2, 0.25) is 5.56 Å². The number of aromatic carboxylic acids is 1. The summed E-state index contributed by atoms with van der Waals surface area (Å²) in [5, 5.41) is 14.8. The number of nitrogens with one attached hydrogen (secondary N) is 2. The molecule has 1 aliphatic heterocycles. The quantitative estimate of drug-likeness (QED) is 0.190. The first kappa shape index (κ1) is 33.3. The number of ether oxygens (including phenoxy) is 2. The molecule has 1 aromatic heterocycles. The van der Waals surface area contributed by atoms with Crippen LogP contribution in [-0.4, -0.2) is 78.3 Å². The van der Waals surface area contributed by atoms with E-state index in [4.69, 9.17) is 26.2 Å². The van der Waals surface area contributed by atoms with E-state index in [1.54, 1.807) is 42.5 Å². The van der Waals surface area contributed by atoms with Gasteiger partial charge in [0.1, 0.15) is 12.6 Å². The number of pyridine rings is 1. The Morgan fingerprint density at radius 2 is 1.57 bits per heavy atom. The molecule has 4 aromatic carbocycles. The summed E-state index contributed by atoms with van der Waals surface area (Å²) >= 11 is 5.92. The topological polar surface area (TPSA) is 138 Å². The number of morpholine rings is 1. The molecule has 0 aliphatic carbocycles. The predicted octanol–water partition coefficient (Wildman–Crippen LogP) is 4.94. The Labute approximate surface area is 275 Å². The van der Waals surface area contributed by atoms with Crippen LogP contribution >= 0.6 is 11.6 Å². The molecule has 5 aromatic rings. The molecule has 47 heavy (non-hydrogen) atoms. The van der Waals surface area contributed by atoms with Gasteiger partial charge in [0, 0.05) is 53.6 Å². The minimum Gasteiger partial charge on any atom is -0.478 e. The maximum absolute atomic E-state index is 13.0. The van der Waals surface area contributed by atoms with E-state index in [1.807, 2.05) is 48.5 Å². The Bertz CT molecular complexity index is 1920. The lowest BCUT2D eigenvalue weighted by Crippen LogP contribution is -2.44. The number of H-pyrrole nitrogens is 1. The van der Waals surface area contributed by atoms with Crippen LogP contribution in [0.2, 0.25) is 5.02 Å². The van der Waals surface area contributed by atoms with Crippen molar-refractivity contribution in [3.8, 4) is 0 Å². The molecule has 1 saturated heterocycles. The number of nitrogens with zero attached hydrogens (tertiary/aromatic N) is 1. The summed E-state index contributed by atoms with van der Waals surface area (Å²) in [6, 6.07) is 27.0. The number of aromatic nitrogens is 1. The minimum atomic E-state index is -0.974. The first-order valence-corrected chi connectivity index (χ1v) is 15.5.